The molecule has 1 N–H and O–H groups in total. The Hall–Kier alpha value is -3.42. The third-order valence-electron chi connectivity index (χ3n) is 5.72. The van der Waals surface area contributed by atoms with Gasteiger partial charge in [0.25, 0.3) is 5.91 Å². The third kappa shape index (κ3) is 4.99. The molecule has 1 amide bonds. The van der Waals surface area contributed by atoms with E-state index < -0.39 is 0 Å². The third-order valence-corrected chi connectivity index (χ3v) is 6.92. The van der Waals surface area contributed by atoms with Gasteiger partial charge in [0, 0.05) is 37.6 Å². The quantitative estimate of drug-likeness (QED) is 0.446. The maximum atomic E-state index is 13.0. The Morgan fingerprint density at radius 1 is 1.03 bits per heavy atom. The molecule has 3 heterocycles. The highest BCUT2D eigenvalue weighted by Gasteiger charge is 2.21. The Morgan fingerprint density at radius 3 is 2.55 bits per heavy atom. The minimum Gasteiger partial charge on any atom is -0.378 e. The largest absolute Gasteiger partial charge is 0.378 e. The summed E-state index contributed by atoms with van der Waals surface area (Å²) in [5, 5.41) is 8.49. The molecule has 2 aromatic heterocycles. The molecule has 5 rings (SSSR count). The van der Waals surface area contributed by atoms with Gasteiger partial charge in [-0.2, -0.15) is 5.10 Å². The lowest BCUT2D eigenvalue weighted by atomic mass is 10.1. The molecule has 33 heavy (non-hydrogen) atoms. The van der Waals surface area contributed by atoms with E-state index in [9.17, 15) is 4.79 Å². The summed E-state index contributed by atoms with van der Waals surface area (Å²) in [5.74, 6) is -0.0233. The molecule has 0 saturated carbocycles. The van der Waals surface area contributed by atoms with E-state index >= 15 is 0 Å². The van der Waals surface area contributed by atoms with Crippen molar-refractivity contribution in [2.75, 3.05) is 37.7 Å². The van der Waals surface area contributed by atoms with Gasteiger partial charge in [-0.25, -0.2) is 4.68 Å². The first-order chi connectivity index (χ1) is 16.3. The molecule has 0 radical (unpaired) electrons. The van der Waals surface area contributed by atoms with Crippen LogP contribution in [-0.4, -0.2) is 48.5 Å². The van der Waals surface area contributed by atoms with E-state index in [0.29, 0.717) is 19.8 Å². The molecule has 4 aromatic rings. The van der Waals surface area contributed by atoms with Crippen molar-refractivity contribution in [1.29, 1.82) is 0 Å². The average molecular weight is 459 g/mol. The topological polar surface area (TPSA) is 59.4 Å². The molecule has 1 saturated heterocycles. The Balaban J connectivity index is 1.26. The van der Waals surface area contributed by atoms with Gasteiger partial charge in [-0.3, -0.25) is 4.79 Å². The lowest BCUT2D eigenvalue weighted by molar-refractivity contribution is 0.0958. The van der Waals surface area contributed by atoms with Crippen LogP contribution in [0.15, 0.2) is 79.1 Å². The van der Waals surface area contributed by atoms with Crippen LogP contribution in [-0.2, 0) is 11.2 Å². The molecule has 0 bridgehead atoms. The van der Waals surface area contributed by atoms with Crippen molar-refractivity contribution in [3.8, 4) is 16.8 Å². The first-order valence-electron chi connectivity index (χ1n) is 11.2. The SMILES string of the molecule is O=C(NCCc1ccc(-n2cccn2)cc1)c1cc(-c2ccccc2)c(N2CCOCC2)s1. The number of aromatic nitrogens is 2. The van der Waals surface area contributed by atoms with Crippen LogP contribution in [0.25, 0.3) is 16.8 Å². The molecular formula is C26H26N4O2S. The monoisotopic (exact) mass is 458 g/mol. The Kier molecular flexibility index (Phi) is 6.51. The summed E-state index contributed by atoms with van der Waals surface area (Å²) in [6.45, 7) is 3.71. The van der Waals surface area contributed by atoms with Crippen LogP contribution >= 0.6 is 11.3 Å². The van der Waals surface area contributed by atoms with Crippen molar-refractivity contribution < 1.29 is 9.53 Å². The maximum Gasteiger partial charge on any atom is 0.261 e. The Labute approximate surface area is 197 Å². The number of rotatable bonds is 7. The number of carbonyl (C=O) groups excluding carboxylic acids is 1. The first-order valence-corrected chi connectivity index (χ1v) is 12.0. The summed E-state index contributed by atoms with van der Waals surface area (Å²) in [6, 6.07) is 22.5. The van der Waals surface area contributed by atoms with Crippen molar-refractivity contribution in [3.05, 3.63) is 89.6 Å². The summed E-state index contributed by atoms with van der Waals surface area (Å²) in [6.07, 6.45) is 4.46. The molecular weight excluding hydrogens is 432 g/mol. The number of nitrogens with one attached hydrogen (secondary N) is 1. The van der Waals surface area contributed by atoms with Crippen molar-refractivity contribution in [2.24, 2.45) is 0 Å². The number of hydrogen-bond acceptors (Lipinski definition) is 5. The van der Waals surface area contributed by atoms with E-state index in [4.69, 9.17) is 4.74 Å². The molecule has 0 unspecified atom stereocenters. The molecule has 0 spiro atoms. The minimum atomic E-state index is -0.0233. The average Bonchev–Trinajstić information content (AvgIpc) is 3.56. The normalized spacial score (nSPS) is 13.8. The molecule has 1 fully saturated rings. The number of nitrogens with zero attached hydrogens (tertiary/aromatic N) is 3. The lowest BCUT2D eigenvalue weighted by Crippen LogP contribution is -2.35. The van der Waals surface area contributed by atoms with Crippen LogP contribution in [0.4, 0.5) is 5.00 Å². The van der Waals surface area contributed by atoms with E-state index in [1.165, 1.54) is 5.56 Å². The number of hydrogen-bond donors (Lipinski definition) is 1. The van der Waals surface area contributed by atoms with Crippen LogP contribution in [0, 0.1) is 0 Å². The Morgan fingerprint density at radius 2 is 1.82 bits per heavy atom. The lowest BCUT2D eigenvalue weighted by Gasteiger charge is -2.28. The predicted molar refractivity (Wildman–Crippen MR) is 132 cm³/mol. The first kappa shape index (κ1) is 21.4. The van der Waals surface area contributed by atoms with Gasteiger partial charge >= 0.3 is 0 Å². The molecule has 0 aliphatic carbocycles. The Bertz CT molecular complexity index is 1180. The predicted octanol–water partition coefficient (Wildman–Crippen LogP) is 4.41. The highest BCUT2D eigenvalue weighted by molar-refractivity contribution is 7.18. The van der Waals surface area contributed by atoms with Crippen LogP contribution in [0.1, 0.15) is 15.2 Å². The van der Waals surface area contributed by atoms with Gasteiger partial charge in [0.2, 0.25) is 0 Å². The van der Waals surface area contributed by atoms with Crippen LogP contribution in [0.3, 0.4) is 0 Å². The van der Waals surface area contributed by atoms with E-state index in [0.717, 1.165) is 46.2 Å². The molecule has 1 aliphatic heterocycles. The molecule has 1 aliphatic rings. The van der Waals surface area contributed by atoms with Gasteiger partial charge in [0.1, 0.15) is 0 Å². The summed E-state index contributed by atoms with van der Waals surface area (Å²) in [5.41, 5.74) is 4.44. The molecule has 2 aromatic carbocycles. The fourth-order valence-corrected chi connectivity index (χ4v) is 5.11. The molecule has 168 valence electrons. The highest BCUT2D eigenvalue weighted by Crippen LogP contribution is 2.39. The summed E-state index contributed by atoms with van der Waals surface area (Å²) in [4.78, 5) is 16.0. The van der Waals surface area contributed by atoms with Gasteiger partial charge in [0.15, 0.2) is 0 Å². The van der Waals surface area contributed by atoms with E-state index in [1.54, 1.807) is 17.5 Å². The minimum absolute atomic E-state index is 0.0233. The van der Waals surface area contributed by atoms with E-state index in [2.05, 4.69) is 39.6 Å². The standard InChI is InChI=1S/C26H26N4O2S/c31-25(27-13-11-20-7-9-22(10-8-20)30-14-4-12-28-30)24-19-23(21-5-2-1-3-6-21)26(33-24)29-15-17-32-18-16-29/h1-10,12,14,19H,11,13,15-18H2,(H,27,31). The number of thiophene rings is 1. The highest BCUT2D eigenvalue weighted by atomic mass is 32.1. The van der Waals surface area contributed by atoms with Gasteiger partial charge in [-0.05, 0) is 41.8 Å². The number of carbonyl (C=O) groups is 1. The number of ether oxygens (including phenoxy) is 1. The number of anilines is 1. The van der Waals surface area contributed by atoms with Crippen molar-refractivity contribution in [3.63, 3.8) is 0 Å². The second-order valence-corrected chi connectivity index (χ2v) is 8.95. The summed E-state index contributed by atoms with van der Waals surface area (Å²) >= 11 is 1.56. The summed E-state index contributed by atoms with van der Waals surface area (Å²) in [7, 11) is 0. The second-order valence-electron chi connectivity index (χ2n) is 7.92. The molecule has 0 atom stereocenters. The zero-order valence-electron chi connectivity index (χ0n) is 18.3. The van der Waals surface area contributed by atoms with Crippen LogP contribution < -0.4 is 10.2 Å². The van der Waals surface area contributed by atoms with E-state index in [-0.39, 0.29) is 5.91 Å². The zero-order valence-corrected chi connectivity index (χ0v) is 19.1. The van der Waals surface area contributed by atoms with Crippen LogP contribution in [0.5, 0.6) is 0 Å². The number of amides is 1. The van der Waals surface area contributed by atoms with Gasteiger partial charge in [0.05, 0.1) is 28.8 Å². The fraction of sp³-hybridized carbons (Fsp3) is 0.231. The van der Waals surface area contributed by atoms with Crippen molar-refractivity contribution in [2.45, 2.75) is 6.42 Å². The van der Waals surface area contributed by atoms with Crippen molar-refractivity contribution >= 4 is 22.2 Å². The second kappa shape index (κ2) is 10.0. The maximum absolute atomic E-state index is 13.0. The van der Waals surface area contributed by atoms with Crippen LogP contribution in [0.2, 0.25) is 0 Å². The van der Waals surface area contributed by atoms with Crippen molar-refractivity contribution in [1.82, 2.24) is 15.1 Å². The van der Waals surface area contributed by atoms with Gasteiger partial charge < -0.3 is 15.0 Å². The van der Waals surface area contributed by atoms with Gasteiger partial charge in [-0.15, -0.1) is 11.3 Å². The molecule has 7 heteroatoms. The smallest absolute Gasteiger partial charge is 0.261 e. The van der Waals surface area contributed by atoms with Gasteiger partial charge in [-0.1, -0.05) is 42.5 Å². The summed E-state index contributed by atoms with van der Waals surface area (Å²) < 4.78 is 7.36. The fourth-order valence-electron chi connectivity index (χ4n) is 3.96. The number of morpholine rings is 1. The molecule has 6 nitrogen and oxygen atoms in total. The number of benzene rings is 2. The zero-order chi connectivity index (χ0) is 22.5. The van der Waals surface area contributed by atoms with E-state index in [1.807, 2.05) is 53.3 Å².